The van der Waals surface area contributed by atoms with Crippen LogP contribution in [0.1, 0.15) is 42.1 Å². The Morgan fingerprint density at radius 1 is 1.34 bits per heavy atom. The van der Waals surface area contributed by atoms with Crippen molar-refractivity contribution >= 4 is 11.7 Å². The summed E-state index contributed by atoms with van der Waals surface area (Å²) in [5, 5.41) is 12.7. The Morgan fingerprint density at radius 3 is 2.72 bits per heavy atom. The molecular formula is C23H30N4O2. The van der Waals surface area contributed by atoms with Gasteiger partial charge in [-0.3, -0.25) is 9.69 Å². The number of hydrogen-bond donors (Lipinski definition) is 1. The molecule has 3 rings (SSSR count). The number of nitriles is 1. The highest BCUT2D eigenvalue weighted by Gasteiger charge is 2.24. The Kier molecular flexibility index (Phi) is 7.08. The summed E-state index contributed by atoms with van der Waals surface area (Å²) in [6.45, 7) is 9.17. The van der Waals surface area contributed by atoms with E-state index in [0.717, 1.165) is 37.3 Å². The molecule has 154 valence electrons. The van der Waals surface area contributed by atoms with E-state index in [9.17, 15) is 10.1 Å². The first-order valence-electron chi connectivity index (χ1n) is 10.3. The predicted octanol–water partition coefficient (Wildman–Crippen LogP) is 3.62. The third-order valence-electron chi connectivity index (χ3n) is 5.67. The molecule has 2 aromatic rings. The van der Waals surface area contributed by atoms with Gasteiger partial charge in [-0.1, -0.05) is 37.3 Å². The molecule has 0 saturated carbocycles. The van der Waals surface area contributed by atoms with Crippen molar-refractivity contribution in [3.63, 3.8) is 0 Å². The van der Waals surface area contributed by atoms with Crippen molar-refractivity contribution in [1.29, 1.82) is 5.26 Å². The zero-order valence-corrected chi connectivity index (χ0v) is 17.6. The van der Waals surface area contributed by atoms with Crippen LogP contribution >= 0.6 is 0 Å². The van der Waals surface area contributed by atoms with Gasteiger partial charge >= 0.3 is 0 Å². The molecule has 1 amide bonds. The molecule has 29 heavy (non-hydrogen) atoms. The molecule has 0 aliphatic carbocycles. The zero-order chi connectivity index (χ0) is 20.8. The smallest absolute Gasteiger partial charge is 0.239 e. The van der Waals surface area contributed by atoms with Gasteiger partial charge < -0.3 is 14.6 Å². The van der Waals surface area contributed by atoms with Crippen LogP contribution in [0, 0.1) is 25.2 Å². The van der Waals surface area contributed by atoms with E-state index in [1.165, 1.54) is 5.56 Å². The second kappa shape index (κ2) is 9.73. The minimum absolute atomic E-state index is 0.106. The third-order valence-corrected chi connectivity index (χ3v) is 5.67. The van der Waals surface area contributed by atoms with E-state index >= 15 is 0 Å². The molecule has 1 saturated heterocycles. The maximum Gasteiger partial charge on any atom is 0.239 e. The van der Waals surface area contributed by atoms with Crippen molar-refractivity contribution in [2.45, 2.75) is 52.8 Å². The number of anilines is 1. The first kappa shape index (κ1) is 21.1. The van der Waals surface area contributed by atoms with Crippen molar-refractivity contribution in [3.05, 3.63) is 52.7 Å². The fourth-order valence-corrected chi connectivity index (χ4v) is 3.85. The summed E-state index contributed by atoms with van der Waals surface area (Å²) in [7, 11) is 0. The monoisotopic (exact) mass is 394 g/mol. The van der Waals surface area contributed by atoms with Gasteiger partial charge in [0.1, 0.15) is 11.9 Å². The second-order valence-electron chi connectivity index (χ2n) is 7.63. The maximum absolute atomic E-state index is 12.8. The molecule has 1 atom stereocenters. The molecule has 0 spiro atoms. The highest BCUT2D eigenvalue weighted by atomic mass is 16.5. The highest BCUT2D eigenvalue weighted by Crippen LogP contribution is 2.28. The topological polar surface area (TPSA) is 70.3 Å². The van der Waals surface area contributed by atoms with Gasteiger partial charge in [-0.25, -0.2) is 0 Å². The Morgan fingerprint density at radius 2 is 2.10 bits per heavy atom. The van der Waals surface area contributed by atoms with Crippen LogP contribution in [0.5, 0.6) is 0 Å². The van der Waals surface area contributed by atoms with E-state index in [-0.39, 0.29) is 18.6 Å². The molecular weight excluding hydrogens is 364 g/mol. The minimum Gasteiger partial charge on any atom is -0.376 e. The maximum atomic E-state index is 12.8. The standard InChI is InChI=1S/C23H30N4O2/c1-4-26(14-19-9-6-5-7-10-19)16-22(28)25-23-21(13-24)17(2)18(3)27(23)15-20-11-8-12-29-20/h5-7,9-10,20H,4,8,11-12,14-16H2,1-3H3,(H,25,28)/t20-/m0/s1. The van der Waals surface area contributed by atoms with Crippen LogP contribution in [-0.4, -0.2) is 41.2 Å². The quantitative estimate of drug-likeness (QED) is 0.742. The molecule has 1 aromatic heterocycles. The number of ether oxygens (including phenoxy) is 1. The van der Waals surface area contributed by atoms with E-state index in [0.29, 0.717) is 24.5 Å². The predicted molar refractivity (Wildman–Crippen MR) is 114 cm³/mol. The number of rotatable bonds is 8. The van der Waals surface area contributed by atoms with E-state index in [1.807, 2.05) is 43.5 Å². The summed E-state index contributed by atoms with van der Waals surface area (Å²) in [4.78, 5) is 14.9. The third kappa shape index (κ3) is 5.06. The number of amides is 1. The van der Waals surface area contributed by atoms with Crippen LogP contribution in [0.2, 0.25) is 0 Å². The largest absolute Gasteiger partial charge is 0.376 e. The van der Waals surface area contributed by atoms with Crippen molar-refractivity contribution in [3.8, 4) is 6.07 Å². The van der Waals surface area contributed by atoms with Crippen molar-refractivity contribution in [2.75, 3.05) is 25.0 Å². The van der Waals surface area contributed by atoms with Crippen LogP contribution in [0.25, 0.3) is 0 Å². The van der Waals surface area contributed by atoms with Gasteiger partial charge in [-0.15, -0.1) is 0 Å². The normalized spacial score (nSPS) is 16.2. The Hall–Kier alpha value is -2.62. The molecule has 0 unspecified atom stereocenters. The zero-order valence-electron chi connectivity index (χ0n) is 17.6. The average Bonchev–Trinajstić information content (AvgIpc) is 3.31. The van der Waals surface area contributed by atoms with E-state index in [4.69, 9.17) is 4.74 Å². The molecule has 1 aliphatic heterocycles. The summed E-state index contributed by atoms with van der Waals surface area (Å²) in [5.41, 5.74) is 3.63. The molecule has 1 fully saturated rings. The Labute approximate surface area is 173 Å². The van der Waals surface area contributed by atoms with E-state index in [2.05, 4.69) is 28.4 Å². The number of carbonyl (C=O) groups excluding carboxylic acids is 1. The number of carbonyl (C=O) groups is 1. The lowest BCUT2D eigenvalue weighted by Crippen LogP contribution is -2.33. The molecule has 6 nitrogen and oxygen atoms in total. The second-order valence-corrected chi connectivity index (χ2v) is 7.63. The summed E-state index contributed by atoms with van der Waals surface area (Å²) >= 11 is 0. The first-order chi connectivity index (χ1) is 14.0. The number of nitrogens with zero attached hydrogens (tertiary/aromatic N) is 3. The van der Waals surface area contributed by atoms with Crippen molar-refractivity contribution in [1.82, 2.24) is 9.47 Å². The molecule has 0 radical (unpaired) electrons. The lowest BCUT2D eigenvalue weighted by atomic mass is 10.2. The van der Waals surface area contributed by atoms with Crippen molar-refractivity contribution in [2.24, 2.45) is 0 Å². The fourth-order valence-electron chi connectivity index (χ4n) is 3.85. The summed E-state index contributed by atoms with van der Waals surface area (Å²) in [6, 6.07) is 12.4. The minimum atomic E-state index is -0.106. The number of hydrogen-bond acceptors (Lipinski definition) is 4. The van der Waals surface area contributed by atoms with Crippen LogP contribution in [-0.2, 0) is 22.6 Å². The summed E-state index contributed by atoms with van der Waals surface area (Å²) in [5.74, 6) is 0.490. The fraction of sp³-hybridized carbons (Fsp3) is 0.478. The highest BCUT2D eigenvalue weighted by molar-refractivity contribution is 5.93. The Bertz CT molecular complexity index is 877. The van der Waals surface area contributed by atoms with Gasteiger partial charge in [-0.2, -0.15) is 5.26 Å². The SMILES string of the molecule is CCN(CC(=O)Nc1c(C#N)c(C)c(C)n1C[C@@H]1CCCO1)Cc1ccccc1. The number of nitrogens with one attached hydrogen (secondary N) is 1. The van der Waals surface area contributed by atoms with Gasteiger partial charge in [0.15, 0.2) is 0 Å². The van der Waals surface area contributed by atoms with Crippen LogP contribution in [0.15, 0.2) is 30.3 Å². The van der Waals surface area contributed by atoms with Gasteiger partial charge in [-0.05, 0) is 44.4 Å². The van der Waals surface area contributed by atoms with Crippen molar-refractivity contribution < 1.29 is 9.53 Å². The lowest BCUT2D eigenvalue weighted by molar-refractivity contribution is -0.117. The number of benzene rings is 1. The lowest BCUT2D eigenvalue weighted by Gasteiger charge is -2.21. The number of likely N-dealkylation sites (N-methyl/N-ethyl adjacent to an activating group) is 1. The Balaban J connectivity index is 1.74. The molecule has 0 bridgehead atoms. The van der Waals surface area contributed by atoms with E-state index in [1.54, 1.807) is 0 Å². The first-order valence-corrected chi connectivity index (χ1v) is 10.3. The average molecular weight is 395 g/mol. The van der Waals surface area contributed by atoms with Gasteiger partial charge in [0.05, 0.1) is 24.8 Å². The summed E-state index contributed by atoms with van der Waals surface area (Å²) in [6.07, 6.45) is 2.20. The van der Waals surface area contributed by atoms with E-state index < -0.39 is 0 Å². The molecule has 1 aliphatic rings. The van der Waals surface area contributed by atoms with Crippen LogP contribution < -0.4 is 5.32 Å². The van der Waals surface area contributed by atoms with Crippen LogP contribution in [0.4, 0.5) is 5.82 Å². The van der Waals surface area contributed by atoms with Crippen LogP contribution in [0.3, 0.4) is 0 Å². The number of aromatic nitrogens is 1. The van der Waals surface area contributed by atoms with Gasteiger partial charge in [0.25, 0.3) is 0 Å². The molecule has 1 N–H and O–H groups in total. The molecule has 6 heteroatoms. The summed E-state index contributed by atoms with van der Waals surface area (Å²) < 4.78 is 7.82. The molecule has 1 aromatic carbocycles. The van der Waals surface area contributed by atoms with Gasteiger partial charge in [0.2, 0.25) is 5.91 Å². The molecule has 2 heterocycles. The van der Waals surface area contributed by atoms with Gasteiger partial charge in [0, 0.05) is 18.8 Å².